The van der Waals surface area contributed by atoms with Crippen LogP contribution >= 0.6 is 0 Å². The van der Waals surface area contributed by atoms with Crippen molar-refractivity contribution in [1.29, 1.82) is 0 Å². The topological polar surface area (TPSA) is 72.4 Å². The summed E-state index contributed by atoms with van der Waals surface area (Å²) in [5.74, 6) is -0.389. The van der Waals surface area contributed by atoms with E-state index in [1.54, 1.807) is 0 Å². The second-order valence-corrected chi connectivity index (χ2v) is 3.82. The molecule has 0 saturated carbocycles. The van der Waals surface area contributed by atoms with Crippen LogP contribution in [-0.2, 0) is 11.0 Å². The average molecular weight is 249 g/mol. The summed E-state index contributed by atoms with van der Waals surface area (Å²) < 4.78 is 41.5. The van der Waals surface area contributed by atoms with Crippen LogP contribution in [0.1, 0.15) is 12.1 Å². The smallest absolute Gasteiger partial charge is 0.431 e. The molecule has 1 saturated heterocycles. The summed E-state index contributed by atoms with van der Waals surface area (Å²) in [4.78, 5) is 15.8. The monoisotopic (exact) mass is 249 g/mol. The Morgan fingerprint density at radius 2 is 2.29 bits per heavy atom. The molecular formula is C9H10F3N3O2. The van der Waals surface area contributed by atoms with Crippen LogP contribution < -0.4 is 10.6 Å². The second-order valence-electron chi connectivity index (χ2n) is 3.82. The number of oxazole rings is 1. The van der Waals surface area contributed by atoms with Crippen LogP contribution in [0.5, 0.6) is 0 Å². The minimum atomic E-state index is -4.57. The van der Waals surface area contributed by atoms with E-state index < -0.39 is 11.9 Å². The SMILES string of the molecule is NCC1CC(=O)N(c2nc(C(F)(F)F)co2)C1. The molecule has 1 unspecified atom stereocenters. The molecule has 8 heteroatoms. The van der Waals surface area contributed by atoms with Crippen molar-refractivity contribution in [2.75, 3.05) is 18.0 Å². The summed E-state index contributed by atoms with van der Waals surface area (Å²) in [5, 5.41) is 0. The lowest BCUT2D eigenvalue weighted by Crippen LogP contribution is -2.26. The lowest BCUT2D eigenvalue weighted by atomic mass is 10.1. The van der Waals surface area contributed by atoms with E-state index in [2.05, 4.69) is 9.40 Å². The summed E-state index contributed by atoms with van der Waals surface area (Å²) in [6.07, 6.45) is -3.86. The molecule has 2 N–H and O–H groups in total. The zero-order chi connectivity index (χ0) is 12.6. The fourth-order valence-electron chi connectivity index (χ4n) is 1.64. The highest BCUT2D eigenvalue weighted by atomic mass is 19.4. The van der Waals surface area contributed by atoms with Crippen LogP contribution in [0, 0.1) is 5.92 Å². The number of anilines is 1. The third-order valence-electron chi connectivity index (χ3n) is 2.55. The van der Waals surface area contributed by atoms with Gasteiger partial charge in [-0.25, -0.2) is 0 Å². The Hall–Kier alpha value is -1.57. The number of aromatic nitrogens is 1. The van der Waals surface area contributed by atoms with Crippen LogP contribution in [0.25, 0.3) is 0 Å². The molecule has 1 atom stereocenters. The lowest BCUT2D eigenvalue weighted by Gasteiger charge is -2.10. The van der Waals surface area contributed by atoms with E-state index >= 15 is 0 Å². The standard InChI is InChI=1S/C9H10F3N3O2/c10-9(11,12)6-4-17-8(14-6)15-3-5(2-13)1-7(15)16/h4-5H,1-3,13H2. The number of nitrogens with zero attached hydrogens (tertiary/aromatic N) is 2. The Kier molecular flexibility index (Phi) is 2.82. The summed E-state index contributed by atoms with van der Waals surface area (Å²) in [6.45, 7) is 0.544. The fraction of sp³-hybridized carbons (Fsp3) is 0.556. The van der Waals surface area contributed by atoms with Crippen molar-refractivity contribution in [2.45, 2.75) is 12.6 Å². The van der Waals surface area contributed by atoms with Crippen molar-refractivity contribution in [1.82, 2.24) is 4.98 Å². The Balaban J connectivity index is 2.19. The maximum atomic E-state index is 12.3. The third-order valence-corrected chi connectivity index (χ3v) is 2.55. The van der Waals surface area contributed by atoms with Gasteiger partial charge in [0, 0.05) is 13.0 Å². The molecular weight excluding hydrogens is 239 g/mol. The first kappa shape index (κ1) is 11.9. The second kappa shape index (κ2) is 4.02. The lowest BCUT2D eigenvalue weighted by molar-refractivity contribution is -0.141. The van der Waals surface area contributed by atoms with Crippen molar-refractivity contribution >= 4 is 11.9 Å². The van der Waals surface area contributed by atoms with Crippen LogP contribution in [0.2, 0.25) is 0 Å². The molecule has 0 spiro atoms. The van der Waals surface area contributed by atoms with Gasteiger partial charge in [-0.3, -0.25) is 9.69 Å². The van der Waals surface area contributed by atoms with Crippen molar-refractivity contribution in [3.63, 3.8) is 0 Å². The average Bonchev–Trinajstić information content (AvgIpc) is 2.82. The number of carbonyl (C=O) groups is 1. The van der Waals surface area contributed by atoms with Crippen molar-refractivity contribution in [3.05, 3.63) is 12.0 Å². The number of nitrogens with two attached hydrogens (primary N) is 1. The molecule has 0 aliphatic carbocycles. The Morgan fingerprint density at radius 1 is 1.59 bits per heavy atom. The van der Waals surface area contributed by atoms with E-state index in [9.17, 15) is 18.0 Å². The minimum absolute atomic E-state index is 0.0660. The van der Waals surface area contributed by atoms with Crippen LogP contribution in [0.4, 0.5) is 19.2 Å². The summed E-state index contributed by atoms with van der Waals surface area (Å²) in [5.41, 5.74) is 4.26. The number of halogens is 3. The number of alkyl halides is 3. The van der Waals surface area contributed by atoms with Gasteiger partial charge in [-0.1, -0.05) is 0 Å². The van der Waals surface area contributed by atoms with E-state index in [0.717, 1.165) is 4.90 Å². The molecule has 2 rings (SSSR count). The first-order valence-electron chi connectivity index (χ1n) is 4.95. The first-order chi connectivity index (χ1) is 7.91. The van der Waals surface area contributed by atoms with E-state index in [1.165, 1.54) is 0 Å². The Morgan fingerprint density at radius 3 is 2.76 bits per heavy atom. The molecule has 1 aliphatic heterocycles. The van der Waals surface area contributed by atoms with Gasteiger partial charge in [0.2, 0.25) is 5.91 Å². The predicted octanol–water partition coefficient (Wildman–Crippen LogP) is 1.01. The highest BCUT2D eigenvalue weighted by molar-refractivity contribution is 5.93. The first-order valence-corrected chi connectivity index (χ1v) is 4.95. The molecule has 0 aromatic carbocycles. The van der Waals surface area contributed by atoms with E-state index in [0.29, 0.717) is 12.8 Å². The van der Waals surface area contributed by atoms with Gasteiger partial charge in [0.25, 0.3) is 0 Å². The summed E-state index contributed by atoms with van der Waals surface area (Å²) in [7, 11) is 0. The van der Waals surface area contributed by atoms with Crippen LogP contribution in [0.15, 0.2) is 10.7 Å². The molecule has 17 heavy (non-hydrogen) atoms. The highest BCUT2D eigenvalue weighted by Gasteiger charge is 2.38. The van der Waals surface area contributed by atoms with E-state index in [1.807, 2.05) is 0 Å². The largest absolute Gasteiger partial charge is 0.436 e. The molecule has 94 valence electrons. The molecule has 2 heterocycles. The zero-order valence-corrected chi connectivity index (χ0v) is 8.70. The van der Waals surface area contributed by atoms with Crippen molar-refractivity contribution < 1.29 is 22.4 Å². The maximum absolute atomic E-state index is 12.3. The summed E-state index contributed by atoms with van der Waals surface area (Å²) >= 11 is 0. The molecule has 0 radical (unpaired) electrons. The molecule has 1 aromatic heterocycles. The van der Waals surface area contributed by atoms with Gasteiger partial charge in [0.15, 0.2) is 5.69 Å². The van der Waals surface area contributed by atoms with Gasteiger partial charge in [-0.05, 0) is 12.5 Å². The molecule has 0 bridgehead atoms. The number of carbonyl (C=O) groups excluding carboxylic acids is 1. The van der Waals surface area contributed by atoms with Gasteiger partial charge >= 0.3 is 12.2 Å². The van der Waals surface area contributed by atoms with Crippen LogP contribution in [-0.4, -0.2) is 24.0 Å². The van der Waals surface area contributed by atoms with Gasteiger partial charge in [-0.2, -0.15) is 18.2 Å². The fourth-order valence-corrected chi connectivity index (χ4v) is 1.64. The number of rotatable bonds is 2. The predicted molar refractivity (Wildman–Crippen MR) is 51.0 cm³/mol. The Bertz CT molecular complexity index is 429. The number of hydrogen-bond acceptors (Lipinski definition) is 4. The molecule has 1 aromatic rings. The summed E-state index contributed by atoms with van der Waals surface area (Å²) in [6, 6.07) is -0.321. The molecule has 1 aliphatic rings. The number of amides is 1. The minimum Gasteiger partial charge on any atom is -0.431 e. The van der Waals surface area contributed by atoms with Crippen molar-refractivity contribution in [3.8, 4) is 0 Å². The van der Waals surface area contributed by atoms with Crippen LogP contribution in [0.3, 0.4) is 0 Å². The van der Waals surface area contributed by atoms with Gasteiger partial charge in [0.1, 0.15) is 6.26 Å². The zero-order valence-electron chi connectivity index (χ0n) is 8.70. The normalized spacial score (nSPS) is 21.3. The van der Waals surface area contributed by atoms with Gasteiger partial charge < -0.3 is 10.2 Å². The highest BCUT2D eigenvalue weighted by Crippen LogP contribution is 2.31. The van der Waals surface area contributed by atoms with Gasteiger partial charge in [0.05, 0.1) is 0 Å². The maximum Gasteiger partial charge on any atom is 0.436 e. The van der Waals surface area contributed by atoms with Crippen molar-refractivity contribution in [2.24, 2.45) is 11.7 Å². The van der Waals surface area contributed by atoms with E-state index in [4.69, 9.17) is 5.73 Å². The quantitative estimate of drug-likeness (QED) is 0.848. The molecule has 1 amide bonds. The third kappa shape index (κ3) is 2.26. The molecule has 5 nitrogen and oxygen atoms in total. The van der Waals surface area contributed by atoms with E-state index in [-0.39, 0.29) is 30.8 Å². The number of hydrogen-bond donors (Lipinski definition) is 1. The Labute approximate surface area is 94.4 Å². The van der Waals surface area contributed by atoms with Gasteiger partial charge in [-0.15, -0.1) is 0 Å². The molecule has 1 fully saturated rings.